The maximum Gasteiger partial charge on any atom is 0.120 e. The summed E-state index contributed by atoms with van der Waals surface area (Å²) < 4.78 is 0. The molecule has 0 aliphatic heterocycles. The molecule has 3 N–H and O–H groups in total. The van der Waals surface area contributed by atoms with Gasteiger partial charge in [0.25, 0.3) is 0 Å². The standard InChI is InChI=1S/C12H15N3O/c1-9-11(15-8-14-9)7-13-6-10-4-2-3-5-12(10)16/h2-5,8,13,16H,6-7H2,1H3,(H,14,15). The summed E-state index contributed by atoms with van der Waals surface area (Å²) in [6.07, 6.45) is 1.69. The number of hydrogen-bond acceptors (Lipinski definition) is 3. The summed E-state index contributed by atoms with van der Waals surface area (Å²) in [5, 5.41) is 12.8. The van der Waals surface area contributed by atoms with Crippen molar-refractivity contribution in [1.82, 2.24) is 15.3 Å². The third-order valence-corrected chi connectivity index (χ3v) is 2.53. The number of aromatic hydroxyl groups is 1. The monoisotopic (exact) mass is 217 g/mol. The van der Waals surface area contributed by atoms with Gasteiger partial charge in [0.2, 0.25) is 0 Å². The first kappa shape index (κ1) is 10.7. The zero-order valence-corrected chi connectivity index (χ0v) is 9.20. The van der Waals surface area contributed by atoms with Crippen molar-refractivity contribution in [2.24, 2.45) is 0 Å². The molecule has 0 saturated heterocycles. The van der Waals surface area contributed by atoms with Crippen molar-refractivity contribution < 1.29 is 5.11 Å². The number of benzene rings is 1. The first-order chi connectivity index (χ1) is 7.77. The smallest absolute Gasteiger partial charge is 0.120 e. The van der Waals surface area contributed by atoms with Gasteiger partial charge in [0.1, 0.15) is 5.75 Å². The number of nitrogens with one attached hydrogen (secondary N) is 2. The Hall–Kier alpha value is -1.81. The molecule has 4 nitrogen and oxygen atoms in total. The van der Waals surface area contributed by atoms with E-state index < -0.39 is 0 Å². The molecule has 1 heterocycles. The highest BCUT2D eigenvalue weighted by Gasteiger charge is 2.02. The van der Waals surface area contributed by atoms with E-state index in [1.54, 1.807) is 12.4 Å². The number of H-pyrrole nitrogens is 1. The van der Waals surface area contributed by atoms with Crippen molar-refractivity contribution >= 4 is 0 Å². The average molecular weight is 217 g/mol. The lowest BCUT2D eigenvalue weighted by Gasteiger charge is -2.05. The lowest BCUT2D eigenvalue weighted by molar-refractivity contribution is 0.464. The second kappa shape index (κ2) is 4.81. The van der Waals surface area contributed by atoms with Crippen molar-refractivity contribution in [2.45, 2.75) is 20.0 Å². The van der Waals surface area contributed by atoms with Gasteiger partial charge in [0.05, 0.1) is 12.0 Å². The van der Waals surface area contributed by atoms with Crippen LogP contribution >= 0.6 is 0 Å². The fourth-order valence-corrected chi connectivity index (χ4v) is 1.54. The average Bonchev–Trinajstić information content (AvgIpc) is 2.67. The molecule has 0 saturated carbocycles. The zero-order chi connectivity index (χ0) is 11.4. The first-order valence-corrected chi connectivity index (χ1v) is 5.24. The van der Waals surface area contributed by atoms with Crippen molar-refractivity contribution in [3.63, 3.8) is 0 Å². The summed E-state index contributed by atoms with van der Waals surface area (Å²) in [4.78, 5) is 7.22. The van der Waals surface area contributed by atoms with Gasteiger partial charge < -0.3 is 15.4 Å². The normalized spacial score (nSPS) is 10.6. The number of rotatable bonds is 4. The number of aromatic amines is 1. The Labute approximate surface area is 94.4 Å². The molecule has 0 unspecified atom stereocenters. The molecule has 4 heteroatoms. The summed E-state index contributed by atoms with van der Waals surface area (Å²) >= 11 is 0. The maximum atomic E-state index is 9.56. The predicted molar refractivity (Wildman–Crippen MR) is 62.0 cm³/mol. The fourth-order valence-electron chi connectivity index (χ4n) is 1.54. The van der Waals surface area contributed by atoms with E-state index in [1.165, 1.54) is 0 Å². The minimum Gasteiger partial charge on any atom is -0.508 e. The highest BCUT2D eigenvalue weighted by atomic mass is 16.3. The highest BCUT2D eigenvalue weighted by molar-refractivity contribution is 5.31. The second-order valence-electron chi connectivity index (χ2n) is 3.71. The van der Waals surface area contributed by atoms with Crippen molar-refractivity contribution in [2.75, 3.05) is 0 Å². The number of nitrogens with zero attached hydrogens (tertiary/aromatic N) is 1. The third-order valence-electron chi connectivity index (χ3n) is 2.53. The molecule has 0 amide bonds. The van der Waals surface area contributed by atoms with E-state index in [0.29, 0.717) is 18.8 Å². The Morgan fingerprint density at radius 1 is 1.31 bits per heavy atom. The fraction of sp³-hybridized carbons (Fsp3) is 0.250. The van der Waals surface area contributed by atoms with E-state index in [2.05, 4.69) is 15.3 Å². The molecule has 1 aromatic carbocycles. The summed E-state index contributed by atoms with van der Waals surface area (Å²) in [6, 6.07) is 7.32. The number of aromatic nitrogens is 2. The molecular formula is C12H15N3O. The summed E-state index contributed by atoms with van der Waals surface area (Å²) in [6.45, 7) is 3.33. The molecule has 0 atom stereocenters. The van der Waals surface area contributed by atoms with E-state index in [4.69, 9.17) is 0 Å². The summed E-state index contributed by atoms with van der Waals surface area (Å²) in [5.41, 5.74) is 2.98. The quantitative estimate of drug-likeness (QED) is 0.730. The van der Waals surface area contributed by atoms with Crippen LogP contribution in [0.25, 0.3) is 0 Å². The van der Waals surface area contributed by atoms with E-state index in [9.17, 15) is 5.11 Å². The predicted octanol–water partition coefficient (Wildman–Crippen LogP) is 1.71. The number of hydrogen-bond donors (Lipinski definition) is 3. The molecule has 0 bridgehead atoms. The summed E-state index contributed by atoms with van der Waals surface area (Å²) in [7, 11) is 0. The topological polar surface area (TPSA) is 60.9 Å². The third kappa shape index (κ3) is 2.41. The Morgan fingerprint density at radius 2 is 2.12 bits per heavy atom. The van der Waals surface area contributed by atoms with E-state index >= 15 is 0 Å². The first-order valence-electron chi connectivity index (χ1n) is 5.24. The van der Waals surface area contributed by atoms with Crippen LogP contribution in [0.3, 0.4) is 0 Å². The van der Waals surface area contributed by atoms with E-state index in [-0.39, 0.29) is 0 Å². The van der Waals surface area contributed by atoms with Gasteiger partial charge >= 0.3 is 0 Å². The van der Waals surface area contributed by atoms with Gasteiger partial charge in [-0.2, -0.15) is 0 Å². The zero-order valence-electron chi connectivity index (χ0n) is 9.20. The lowest BCUT2D eigenvalue weighted by atomic mass is 10.2. The van der Waals surface area contributed by atoms with Gasteiger partial charge in [-0.1, -0.05) is 18.2 Å². The van der Waals surface area contributed by atoms with Gasteiger partial charge in [0.15, 0.2) is 0 Å². The maximum absolute atomic E-state index is 9.56. The molecule has 16 heavy (non-hydrogen) atoms. The molecule has 84 valence electrons. The van der Waals surface area contributed by atoms with Crippen molar-refractivity contribution in [3.05, 3.63) is 47.5 Å². The minimum absolute atomic E-state index is 0.328. The molecule has 0 fully saturated rings. The van der Waals surface area contributed by atoms with Gasteiger partial charge in [0, 0.05) is 24.3 Å². The molecule has 0 aliphatic rings. The van der Waals surface area contributed by atoms with Crippen LogP contribution < -0.4 is 5.32 Å². The Balaban J connectivity index is 1.89. The molecule has 0 radical (unpaired) electrons. The molecule has 0 aliphatic carbocycles. The highest BCUT2D eigenvalue weighted by Crippen LogP contribution is 2.15. The van der Waals surface area contributed by atoms with Crippen LogP contribution in [0.15, 0.2) is 30.6 Å². The van der Waals surface area contributed by atoms with Crippen LogP contribution in [0.4, 0.5) is 0 Å². The molecule has 2 rings (SSSR count). The van der Waals surface area contributed by atoms with Crippen LogP contribution in [-0.4, -0.2) is 15.1 Å². The van der Waals surface area contributed by atoms with E-state index in [1.807, 2.05) is 25.1 Å². The second-order valence-corrected chi connectivity index (χ2v) is 3.71. The minimum atomic E-state index is 0.328. The number of phenols is 1. The van der Waals surface area contributed by atoms with Crippen LogP contribution in [0, 0.1) is 6.92 Å². The van der Waals surface area contributed by atoms with Gasteiger partial charge in [-0.05, 0) is 13.0 Å². The number of phenolic OH excluding ortho intramolecular Hbond substituents is 1. The number of imidazole rings is 1. The van der Waals surface area contributed by atoms with Gasteiger partial charge in [-0.15, -0.1) is 0 Å². The molecule has 0 spiro atoms. The number of aryl methyl sites for hydroxylation is 1. The Bertz CT molecular complexity index is 465. The largest absolute Gasteiger partial charge is 0.508 e. The van der Waals surface area contributed by atoms with Crippen molar-refractivity contribution in [3.8, 4) is 5.75 Å². The lowest BCUT2D eigenvalue weighted by Crippen LogP contribution is -2.13. The Morgan fingerprint density at radius 3 is 2.81 bits per heavy atom. The van der Waals surface area contributed by atoms with Crippen LogP contribution in [0.2, 0.25) is 0 Å². The van der Waals surface area contributed by atoms with Crippen LogP contribution in [-0.2, 0) is 13.1 Å². The molecule has 2 aromatic rings. The van der Waals surface area contributed by atoms with Crippen molar-refractivity contribution in [1.29, 1.82) is 0 Å². The van der Waals surface area contributed by atoms with Crippen LogP contribution in [0.5, 0.6) is 5.75 Å². The van der Waals surface area contributed by atoms with Crippen LogP contribution in [0.1, 0.15) is 17.0 Å². The Kier molecular flexibility index (Phi) is 3.22. The summed E-state index contributed by atoms with van der Waals surface area (Å²) in [5.74, 6) is 0.328. The van der Waals surface area contributed by atoms with Gasteiger partial charge in [-0.25, -0.2) is 4.98 Å². The molecule has 1 aromatic heterocycles. The SMILES string of the molecule is Cc1[nH]cnc1CNCc1ccccc1O. The number of para-hydroxylation sites is 1. The molecular weight excluding hydrogens is 202 g/mol. The van der Waals surface area contributed by atoms with Gasteiger partial charge in [-0.3, -0.25) is 0 Å². The van der Waals surface area contributed by atoms with E-state index in [0.717, 1.165) is 17.0 Å².